The molecule has 0 heterocycles. The van der Waals surface area contributed by atoms with E-state index in [4.69, 9.17) is 14.2 Å². The molecule has 0 aliphatic carbocycles. The van der Waals surface area contributed by atoms with Gasteiger partial charge < -0.3 is 19.5 Å². The second kappa shape index (κ2) is 8.30. The average Bonchev–Trinajstić information content (AvgIpc) is 2.49. The second-order valence-electron chi connectivity index (χ2n) is 4.38. The lowest BCUT2D eigenvalue weighted by Gasteiger charge is -2.14. The molecule has 0 saturated heterocycles. The van der Waals surface area contributed by atoms with E-state index in [0.29, 0.717) is 29.4 Å². The Hall–Kier alpha value is -1.91. The van der Waals surface area contributed by atoms with Crippen LogP contribution in [0.25, 0.3) is 0 Å². The van der Waals surface area contributed by atoms with Crippen molar-refractivity contribution in [1.29, 1.82) is 0 Å². The van der Waals surface area contributed by atoms with Crippen LogP contribution in [-0.4, -0.2) is 33.8 Å². The van der Waals surface area contributed by atoms with Crippen molar-refractivity contribution in [3.8, 4) is 17.2 Å². The molecule has 0 aromatic heterocycles. The highest BCUT2D eigenvalue weighted by molar-refractivity contribution is 5.95. The summed E-state index contributed by atoms with van der Waals surface area (Å²) in [4.78, 5) is 12.1. The van der Waals surface area contributed by atoms with Gasteiger partial charge in [0.15, 0.2) is 11.5 Å². The Balaban J connectivity index is 2.86. The quantitative estimate of drug-likeness (QED) is 0.744. The fourth-order valence-corrected chi connectivity index (χ4v) is 1.89. The second-order valence-corrected chi connectivity index (χ2v) is 4.38. The van der Waals surface area contributed by atoms with Gasteiger partial charge in [-0.15, -0.1) is 0 Å². The van der Waals surface area contributed by atoms with Gasteiger partial charge in [-0.2, -0.15) is 0 Å². The van der Waals surface area contributed by atoms with Gasteiger partial charge in [0.1, 0.15) is 0 Å². The molecular formula is C15H23NO4. The third-order valence-electron chi connectivity index (χ3n) is 2.99. The third-order valence-corrected chi connectivity index (χ3v) is 2.99. The Labute approximate surface area is 120 Å². The van der Waals surface area contributed by atoms with Crippen LogP contribution in [0.2, 0.25) is 0 Å². The van der Waals surface area contributed by atoms with E-state index in [1.807, 2.05) is 0 Å². The largest absolute Gasteiger partial charge is 0.493 e. The van der Waals surface area contributed by atoms with Crippen molar-refractivity contribution < 1.29 is 19.0 Å². The lowest BCUT2D eigenvalue weighted by molar-refractivity contribution is 0.0952. The van der Waals surface area contributed by atoms with E-state index in [9.17, 15) is 4.79 Å². The molecule has 1 amide bonds. The number of rotatable bonds is 8. The zero-order chi connectivity index (χ0) is 15.0. The molecule has 0 aliphatic heterocycles. The molecule has 20 heavy (non-hydrogen) atoms. The predicted octanol–water partition coefficient (Wildman–Crippen LogP) is 2.63. The van der Waals surface area contributed by atoms with Crippen LogP contribution in [0.3, 0.4) is 0 Å². The Morgan fingerprint density at radius 2 is 1.65 bits per heavy atom. The maximum atomic E-state index is 12.1. The number of hydrogen-bond donors (Lipinski definition) is 1. The van der Waals surface area contributed by atoms with Gasteiger partial charge in [0.25, 0.3) is 5.91 Å². The summed E-state index contributed by atoms with van der Waals surface area (Å²) in [5.41, 5.74) is 0.496. The van der Waals surface area contributed by atoms with Crippen LogP contribution in [0.4, 0.5) is 0 Å². The van der Waals surface area contributed by atoms with Crippen molar-refractivity contribution in [3.63, 3.8) is 0 Å². The standard InChI is InChI=1S/C15H23NO4/c1-5-6-7-8-16-15(17)11-9-12(18-2)14(20-4)13(10-11)19-3/h9-10H,5-8H2,1-4H3,(H,16,17). The summed E-state index contributed by atoms with van der Waals surface area (Å²) < 4.78 is 15.7. The molecule has 0 spiro atoms. The highest BCUT2D eigenvalue weighted by atomic mass is 16.5. The van der Waals surface area contributed by atoms with Crippen molar-refractivity contribution in [1.82, 2.24) is 5.32 Å². The number of unbranched alkanes of at least 4 members (excludes halogenated alkanes) is 2. The lowest BCUT2D eigenvalue weighted by atomic mass is 10.1. The van der Waals surface area contributed by atoms with Crippen LogP contribution in [0.1, 0.15) is 36.5 Å². The van der Waals surface area contributed by atoms with Gasteiger partial charge in [-0.05, 0) is 18.6 Å². The number of benzene rings is 1. The monoisotopic (exact) mass is 281 g/mol. The molecule has 5 nitrogen and oxygen atoms in total. The van der Waals surface area contributed by atoms with Crippen LogP contribution in [-0.2, 0) is 0 Å². The summed E-state index contributed by atoms with van der Waals surface area (Å²) in [6, 6.07) is 3.30. The molecule has 0 aliphatic rings. The summed E-state index contributed by atoms with van der Waals surface area (Å²) >= 11 is 0. The highest BCUT2D eigenvalue weighted by Gasteiger charge is 2.16. The number of carbonyl (C=O) groups is 1. The van der Waals surface area contributed by atoms with Gasteiger partial charge in [0.05, 0.1) is 21.3 Å². The molecule has 0 bridgehead atoms. The Kier molecular flexibility index (Phi) is 6.70. The van der Waals surface area contributed by atoms with Crippen LogP contribution >= 0.6 is 0 Å². The van der Waals surface area contributed by atoms with Crippen molar-refractivity contribution in [2.45, 2.75) is 26.2 Å². The first-order valence-corrected chi connectivity index (χ1v) is 6.76. The zero-order valence-electron chi connectivity index (χ0n) is 12.6. The molecule has 0 radical (unpaired) electrons. The minimum Gasteiger partial charge on any atom is -0.493 e. The van der Waals surface area contributed by atoms with Crippen LogP contribution in [0, 0.1) is 0 Å². The van der Waals surface area contributed by atoms with Gasteiger partial charge in [-0.3, -0.25) is 4.79 Å². The molecule has 112 valence electrons. The lowest BCUT2D eigenvalue weighted by Crippen LogP contribution is -2.24. The van der Waals surface area contributed by atoms with Crippen molar-refractivity contribution in [2.75, 3.05) is 27.9 Å². The summed E-state index contributed by atoms with van der Waals surface area (Å²) in [6.45, 7) is 2.80. The molecule has 1 rings (SSSR count). The Bertz CT molecular complexity index is 420. The van der Waals surface area contributed by atoms with Crippen molar-refractivity contribution in [2.24, 2.45) is 0 Å². The van der Waals surface area contributed by atoms with Gasteiger partial charge in [-0.25, -0.2) is 0 Å². The molecule has 0 saturated carbocycles. The maximum absolute atomic E-state index is 12.1. The summed E-state index contributed by atoms with van der Waals surface area (Å²) in [6.07, 6.45) is 3.21. The molecular weight excluding hydrogens is 258 g/mol. The molecule has 0 atom stereocenters. The summed E-state index contributed by atoms with van der Waals surface area (Å²) in [5, 5.41) is 2.88. The molecule has 1 aromatic rings. The van der Waals surface area contributed by atoms with Crippen molar-refractivity contribution in [3.05, 3.63) is 17.7 Å². The van der Waals surface area contributed by atoms with Crippen LogP contribution in [0.5, 0.6) is 17.2 Å². The van der Waals surface area contributed by atoms with E-state index in [1.165, 1.54) is 21.3 Å². The molecule has 1 aromatic carbocycles. The number of hydrogen-bond acceptors (Lipinski definition) is 4. The van der Waals surface area contributed by atoms with Crippen LogP contribution in [0.15, 0.2) is 12.1 Å². The third kappa shape index (κ3) is 4.05. The first-order chi connectivity index (χ1) is 9.67. The van der Waals surface area contributed by atoms with E-state index in [1.54, 1.807) is 12.1 Å². The van der Waals surface area contributed by atoms with E-state index < -0.39 is 0 Å². The molecule has 5 heteroatoms. The Morgan fingerprint density at radius 1 is 1.05 bits per heavy atom. The number of carbonyl (C=O) groups excluding carboxylic acids is 1. The van der Waals surface area contributed by atoms with E-state index in [0.717, 1.165) is 19.3 Å². The maximum Gasteiger partial charge on any atom is 0.251 e. The fraction of sp³-hybridized carbons (Fsp3) is 0.533. The van der Waals surface area contributed by atoms with E-state index >= 15 is 0 Å². The number of nitrogens with one attached hydrogen (secondary N) is 1. The number of methoxy groups -OCH3 is 3. The van der Waals surface area contributed by atoms with Gasteiger partial charge in [-0.1, -0.05) is 19.8 Å². The minimum absolute atomic E-state index is 0.139. The minimum atomic E-state index is -0.139. The first-order valence-electron chi connectivity index (χ1n) is 6.76. The van der Waals surface area contributed by atoms with Gasteiger partial charge >= 0.3 is 0 Å². The van der Waals surface area contributed by atoms with Crippen LogP contribution < -0.4 is 19.5 Å². The number of amides is 1. The van der Waals surface area contributed by atoms with Gasteiger partial charge in [0, 0.05) is 12.1 Å². The first kappa shape index (κ1) is 16.1. The smallest absolute Gasteiger partial charge is 0.251 e. The average molecular weight is 281 g/mol. The summed E-state index contributed by atoms with van der Waals surface area (Å²) in [5.74, 6) is 1.30. The predicted molar refractivity (Wildman–Crippen MR) is 78.0 cm³/mol. The normalized spacial score (nSPS) is 10.0. The van der Waals surface area contributed by atoms with E-state index in [-0.39, 0.29) is 5.91 Å². The number of ether oxygens (including phenoxy) is 3. The Morgan fingerprint density at radius 3 is 2.10 bits per heavy atom. The topological polar surface area (TPSA) is 56.8 Å². The SMILES string of the molecule is CCCCCNC(=O)c1cc(OC)c(OC)c(OC)c1. The highest BCUT2D eigenvalue weighted by Crippen LogP contribution is 2.38. The molecule has 0 fully saturated rings. The van der Waals surface area contributed by atoms with Crippen molar-refractivity contribution >= 4 is 5.91 Å². The fourth-order valence-electron chi connectivity index (χ4n) is 1.89. The molecule has 0 unspecified atom stereocenters. The van der Waals surface area contributed by atoms with Gasteiger partial charge in [0.2, 0.25) is 5.75 Å². The van der Waals surface area contributed by atoms with E-state index in [2.05, 4.69) is 12.2 Å². The zero-order valence-corrected chi connectivity index (χ0v) is 12.6. The summed E-state index contributed by atoms with van der Waals surface area (Å²) in [7, 11) is 4.59. The molecule has 1 N–H and O–H groups in total.